The van der Waals surface area contributed by atoms with Crippen LogP contribution in [-0.4, -0.2) is 42.4 Å². The van der Waals surface area contributed by atoms with Crippen LogP contribution in [0.3, 0.4) is 0 Å². The number of amides is 2. The van der Waals surface area contributed by atoms with E-state index in [0.29, 0.717) is 11.3 Å². The number of anilines is 1. The zero-order valence-electron chi connectivity index (χ0n) is 12.9. The Kier molecular flexibility index (Phi) is 5.07. The smallest absolute Gasteiger partial charge is 0.337 e. The Morgan fingerprint density at radius 3 is 2.33 bits per heavy atom. The van der Waals surface area contributed by atoms with Crippen molar-refractivity contribution in [2.24, 2.45) is 0 Å². The maximum atomic E-state index is 12.0. The van der Waals surface area contributed by atoms with Gasteiger partial charge in [-0.3, -0.25) is 9.59 Å². The first-order valence-corrected chi connectivity index (χ1v) is 6.44. The fourth-order valence-electron chi connectivity index (χ4n) is 1.48. The van der Waals surface area contributed by atoms with Crippen molar-refractivity contribution in [2.75, 3.05) is 19.5 Å². The molecule has 0 atom stereocenters. The van der Waals surface area contributed by atoms with Crippen molar-refractivity contribution in [1.82, 2.24) is 4.90 Å². The zero-order valence-corrected chi connectivity index (χ0v) is 12.9. The van der Waals surface area contributed by atoms with E-state index in [4.69, 9.17) is 0 Å². The minimum Gasteiger partial charge on any atom is -0.465 e. The third-order valence-electron chi connectivity index (χ3n) is 3.05. The van der Waals surface area contributed by atoms with Crippen molar-refractivity contribution in [3.8, 4) is 0 Å². The number of likely N-dealkylation sites (N-methyl/N-ethyl adjacent to an activating group) is 1. The number of hydrogen-bond acceptors (Lipinski definition) is 4. The van der Waals surface area contributed by atoms with Crippen LogP contribution < -0.4 is 5.32 Å². The van der Waals surface area contributed by atoms with Gasteiger partial charge < -0.3 is 15.0 Å². The molecule has 0 aliphatic rings. The average Bonchev–Trinajstić information content (AvgIpc) is 2.44. The third kappa shape index (κ3) is 4.30. The van der Waals surface area contributed by atoms with E-state index in [2.05, 4.69) is 10.1 Å². The Bertz CT molecular complexity index is 561. The number of rotatable bonds is 2. The van der Waals surface area contributed by atoms with Gasteiger partial charge in [-0.2, -0.15) is 0 Å². The van der Waals surface area contributed by atoms with Crippen molar-refractivity contribution < 1.29 is 19.1 Å². The van der Waals surface area contributed by atoms with E-state index in [9.17, 15) is 14.4 Å². The summed E-state index contributed by atoms with van der Waals surface area (Å²) >= 11 is 0. The lowest BCUT2D eigenvalue weighted by Crippen LogP contribution is -2.47. The first-order chi connectivity index (χ1) is 9.66. The number of benzene rings is 1. The molecule has 1 rings (SSSR count). The second kappa shape index (κ2) is 6.39. The minimum atomic E-state index is -0.755. The summed E-state index contributed by atoms with van der Waals surface area (Å²) < 4.78 is 4.60. The topological polar surface area (TPSA) is 75.7 Å². The highest BCUT2D eigenvalue weighted by Crippen LogP contribution is 2.14. The average molecular weight is 292 g/mol. The van der Waals surface area contributed by atoms with Crippen LogP contribution >= 0.6 is 0 Å². The van der Waals surface area contributed by atoms with E-state index < -0.39 is 23.3 Å². The monoisotopic (exact) mass is 292 g/mol. The summed E-state index contributed by atoms with van der Waals surface area (Å²) in [6.07, 6.45) is 0. The summed E-state index contributed by atoms with van der Waals surface area (Å²) in [6.45, 7) is 5.49. The van der Waals surface area contributed by atoms with Crippen molar-refractivity contribution in [2.45, 2.75) is 26.3 Å². The molecule has 0 aromatic heterocycles. The van der Waals surface area contributed by atoms with Crippen LogP contribution in [0.15, 0.2) is 24.3 Å². The first-order valence-electron chi connectivity index (χ1n) is 6.44. The summed E-state index contributed by atoms with van der Waals surface area (Å²) in [6, 6.07) is 6.20. The molecule has 0 unspecified atom stereocenters. The Hall–Kier alpha value is -2.37. The summed E-state index contributed by atoms with van der Waals surface area (Å²) in [5.41, 5.74) is 0.202. The Morgan fingerprint density at radius 2 is 1.81 bits per heavy atom. The summed E-state index contributed by atoms with van der Waals surface area (Å²) in [5.74, 6) is -1.91. The van der Waals surface area contributed by atoms with Crippen LogP contribution in [0.1, 0.15) is 31.1 Å². The molecule has 0 aliphatic carbocycles. The van der Waals surface area contributed by atoms with Gasteiger partial charge >= 0.3 is 17.8 Å². The Balaban J connectivity index is 2.84. The fourth-order valence-corrected chi connectivity index (χ4v) is 1.48. The number of carbonyl (C=O) groups excluding carboxylic acids is 3. The van der Waals surface area contributed by atoms with Gasteiger partial charge in [0.2, 0.25) is 0 Å². The summed E-state index contributed by atoms with van der Waals surface area (Å²) in [5, 5.41) is 2.48. The van der Waals surface area contributed by atoms with Gasteiger partial charge in [-0.15, -0.1) is 0 Å². The molecule has 0 saturated heterocycles. The first kappa shape index (κ1) is 16.7. The predicted octanol–water partition coefficient (Wildman–Crippen LogP) is 1.67. The molecule has 1 N–H and O–H groups in total. The molecule has 0 aliphatic heterocycles. The van der Waals surface area contributed by atoms with Gasteiger partial charge in [0.25, 0.3) is 0 Å². The van der Waals surface area contributed by atoms with E-state index in [0.717, 1.165) is 0 Å². The highest BCUT2D eigenvalue weighted by Gasteiger charge is 2.27. The molecular formula is C15H20N2O4. The number of nitrogens with one attached hydrogen (secondary N) is 1. The van der Waals surface area contributed by atoms with Gasteiger partial charge in [-0.05, 0) is 39.0 Å². The van der Waals surface area contributed by atoms with Crippen LogP contribution in [0, 0.1) is 0 Å². The second-order valence-electron chi connectivity index (χ2n) is 5.56. The van der Waals surface area contributed by atoms with Gasteiger partial charge in [0.1, 0.15) is 0 Å². The Labute approximate surface area is 124 Å². The van der Waals surface area contributed by atoms with Crippen molar-refractivity contribution >= 4 is 23.5 Å². The quantitative estimate of drug-likeness (QED) is 0.664. The number of ether oxygens (including phenoxy) is 1. The predicted molar refractivity (Wildman–Crippen MR) is 78.9 cm³/mol. The van der Waals surface area contributed by atoms with Crippen LogP contribution in [-0.2, 0) is 14.3 Å². The summed E-state index contributed by atoms with van der Waals surface area (Å²) in [4.78, 5) is 36.7. The van der Waals surface area contributed by atoms with Crippen LogP contribution in [0.4, 0.5) is 5.69 Å². The molecule has 6 heteroatoms. The lowest BCUT2D eigenvalue weighted by Gasteiger charge is -2.31. The highest BCUT2D eigenvalue weighted by molar-refractivity contribution is 6.39. The molecule has 0 fully saturated rings. The number of methoxy groups -OCH3 is 1. The molecule has 114 valence electrons. The lowest BCUT2D eigenvalue weighted by molar-refractivity contribution is -0.145. The standard InChI is InChI=1S/C15H20N2O4/c1-15(2,3)17(4)13(19)12(18)16-11-8-6-7-10(9-11)14(20)21-5/h6-9H,1-5H3,(H,16,18). The van der Waals surface area contributed by atoms with Crippen molar-refractivity contribution in [3.05, 3.63) is 29.8 Å². The molecule has 0 radical (unpaired) electrons. The molecule has 0 heterocycles. The molecule has 21 heavy (non-hydrogen) atoms. The summed E-state index contributed by atoms with van der Waals surface area (Å²) in [7, 11) is 2.84. The van der Waals surface area contributed by atoms with E-state index in [1.807, 2.05) is 20.8 Å². The normalized spacial score (nSPS) is 10.7. The Morgan fingerprint density at radius 1 is 1.19 bits per heavy atom. The number of hydrogen-bond donors (Lipinski definition) is 1. The number of carbonyl (C=O) groups is 3. The van der Waals surface area contributed by atoms with Crippen LogP contribution in [0.5, 0.6) is 0 Å². The highest BCUT2D eigenvalue weighted by atomic mass is 16.5. The van der Waals surface area contributed by atoms with E-state index in [-0.39, 0.29) is 0 Å². The second-order valence-corrected chi connectivity index (χ2v) is 5.56. The largest absolute Gasteiger partial charge is 0.465 e. The molecule has 1 aromatic rings. The van der Waals surface area contributed by atoms with Crippen LogP contribution in [0.2, 0.25) is 0 Å². The zero-order chi connectivity index (χ0) is 16.2. The van der Waals surface area contributed by atoms with Gasteiger partial charge in [0.05, 0.1) is 12.7 Å². The van der Waals surface area contributed by atoms with Crippen molar-refractivity contribution in [1.29, 1.82) is 0 Å². The molecule has 2 amide bonds. The molecule has 1 aromatic carbocycles. The maximum absolute atomic E-state index is 12.0. The maximum Gasteiger partial charge on any atom is 0.337 e. The van der Waals surface area contributed by atoms with E-state index in [1.54, 1.807) is 25.2 Å². The molecule has 0 saturated carbocycles. The lowest BCUT2D eigenvalue weighted by atomic mass is 10.1. The van der Waals surface area contributed by atoms with Gasteiger partial charge in [0, 0.05) is 18.3 Å². The number of esters is 1. The fraction of sp³-hybridized carbons (Fsp3) is 0.400. The van der Waals surface area contributed by atoms with Crippen molar-refractivity contribution in [3.63, 3.8) is 0 Å². The third-order valence-corrected chi connectivity index (χ3v) is 3.05. The van der Waals surface area contributed by atoms with Gasteiger partial charge in [-0.1, -0.05) is 6.07 Å². The minimum absolute atomic E-state index is 0.298. The molecule has 6 nitrogen and oxygen atoms in total. The molecule has 0 spiro atoms. The van der Waals surface area contributed by atoms with E-state index in [1.165, 1.54) is 18.1 Å². The number of nitrogens with zero attached hydrogens (tertiary/aromatic N) is 1. The van der Waals surface area contributed by atoms with E-state index >= 15 is 0 Å². The van der Waals surface area contributed by atoms with Crippen LogP contribution in [0.25, 0.3) is 0 Å². The van der Waals surface area contributed by atoms with Gasteiger partial charge in [-0.25, -0.2) is 4.79 Å². The molecular weight excluding hydrogens is 272 g/mol. The SMILES string of the molecule is COC(=O)c1cccc(NC(=O)C(=O)N(C)C(C)(C)C)c1. The van der Waals surface area contributed by atoms with Gasteiger partial charge in [0.15, 0.2) is 0 Å². The molecule has 0 bridgehead atoms.